The van der Waals surface area contributed by atoms with Crippen molar-refractivity contribution >= 4 is 6.29 Å². The molecule has 0 atom stereocenters. The van der Waals surface area contributed by atoms with Crippen LogP contribution in [-0.4, -0.2) is 11.3 Å². The monoisotopic (exact) mass is 172 g/mol. The van der Waals surface area contributed by atoms with E-state index >= 15 is 0 Å². The van der Waals surface area contributed by atoms with E-state index in [9.17, 15) is 4.79 Å². The molecule has 3 nitrogen and oxygen atoms in total. The van der Waals surface area contributed by atoms with Gasteiger partial charge in [0.05, 0.1) is 0 Å². The van der Waals surface area contributed by atoms with Gasteiger partial charge in [-0.05, 0) is 30.4 Å². The van der Waals surface area contributed by atoms with Crippen LogP contribution in [0.5, 0.6) is 0 Å². The normalized spacial score (nSPS) is 15.0. The molecule has 1 aromatic rings. The summed E-state index contributed by atoms with van der Waals surface area (Å²) in [6, 6.07) is 3.82. The van der Waals surface area contributed by atoms with Crippen LogP contribution in [0.2, 0.25) is 0 Å². The van der Waals surface area contributed by atoms with Crippen LogP contribution >= 0.6 is 0 Å². The number of pyridine rings is 1. The number of aromatic nitrogens is 1. The van der Waals surface area contributed by atoms with Gasteiger partial charge in [0.15, 0.2) is 6.29 Å². The van der Waals surface area contributed by atoms with Crippen LogP contribution in [0.4, 0.5) is 0 Å². The van der Waals surface area contributed by atoms with Crippen molar-refractivity contribution in [2.75, 3.05) is 0 Å². The van der Waals surface area contributed by atoms with Gasteiger partial charge < -0.3 is 0 Å². The van der Waals surface area contributed by atoms with Gasteiger partial charge in [-0.25, -0.2) is 4.98 Å². The van der Waals surface area contributed by atoms with E-state index in [4.69, 9.17) is 5.26 Å². The van der Waals surface area contributed by atoms with Gasteiger partial charge >= 0.3 is 0 Å². The summed E-state index contributed by atoms with van der Waals surface area (Å²) in [4.78, 5) is 14.4. The molecule has 1 heterocycles. The Morgan fingerprint density at radius 3 is 2.92 bits per heavy atom. The Hall–Kier alpha value is -1.69. The minimum Gasteiger partial charge on any atom is -0.298 e. The van der Waals surface area contributed by atoms with Crippen LogP contribution < -0.4 is 0 Å². The molecule has 1 aliphatic carbocycles. The van der Waals surface area contributed by atoms with Crippen LogP contribution in [0.3, 0.4) is 0 Å². The van der Waals surface area contributed by atoms with Gasteiger partial charge in [0.25, 0.3) is 0 Å². The zero-order chi connectivity index (χ0) is 9.26. The molecule has 0 unspecified atom stereocenters. The summed E-state index contributed by atoms with van der Waals surface area (Å²) >= 11 is 0. The summed E-state index contributed by atoms with van der Waals surface area (Å²) in [5.41, 5.74) is 1.96. The topological polar surface area (TPSA) is 53.8 Å². The minimum absolute atomic E-state index is 0.460. The molecule has 0 aliphatic heterocycles. The van der Waals surface area contributed by atoms with Crippen molar-refractivity contribution < 1.29 is 4.79 Å². The number of nitriles is 1. The molecule has 0 N–H and O–H groups in total. The van der Waals surface area contributed by atoms with Crippen LogP contribution in [0, 0.1) is 11.3 Å². The SMILES string of the molecule is N#Cc1ncc(C=O)cc1C1CC1. The lowest BCUT2D eigenvalue weighted by atomic mass is 10.1. The first kappa shape index (κ1) is 7.93. The summed E-state index contributed by atoms with van der Waals surface area (Å²) in [7, 11) is 0. The molecule has 1 saturated carbocycles. The summed E-state index contributed by atoms with van der Waals surface area (Å²) in [6.07, 6.45) is 4.43. The number of hydrogen-bond donors (Lipinski definition) is 0. The lowest BCUT2D eigenvalue weighted by molar-refractivity contribution is 0.112. The highest BCUT2D eigenvalue weighted by molar-refractivity contribution is 5.74. The summed E-state index contributed by atoms with van der Waals surface area (Å²) in [5, 5.41) is 8.76. The number of hydrogen-bond acceptors (Lipinski definition) is 3. The Morgan fingerprint density at radius 2 is 2.38 bits per heavy atom. The number of nitrogens with zero attached hydrogens (tertiary/aromatic N) is 2. The first-order valence-electron chi connectivity index (χ1n) is 4.20. The third-order valence-corrected chi connectivity index (χ3v) is 2.20. The standard InChI is InChI=1S/C10H8N2O/c11-4-10-9(8-1-2-8)3-7(6-13)5-12-10/h3,5-6,8H,1-2H2. The summed E-state index contributed by atoms with van der Waals surface area (Å²) in [6.45, 7) is 0. The van der Waals surface area contributed by atoms with Crippen molar-refractivity contribution in [2.45, 2.75) is 18.8 Å². The molecule has 13 heavy (non-hydrogen) atoms. The maximum Gasteiger partial charge on any atom is 0.151 e. The summed E-state index contributed by atoms with van der Waals surface area (Å²) < 4.78 is 0. The Labute approximate surface area is 76.0 Å². The first-order chi connectivity index (χ1) is 6.35. The van der Waals surface area contributed by atoms with Crippen molar-refractivity contribution in [3.8, 4) is 6.07 Å². The van der Waals surface area contributed by atoms with E-state index in [1.165, 1.54) is 6.20 Å². The molecule has 1 fully saturated rings. The van der Waals surface area contributed by atoms with Crippen molar-refractivity contribution in [3.05, 3.63) is 29.1 Å². The highest BCUT2D eigenvalue weighted by atomic mass is 16.1. The van der Waals surface area contributed by atoms with Gasteiger partial charge in [-0.3, -0.25) is 4.79 Å². The molecule has 0 aromatic carbocycles. The van der Waals surface area contributed by atoms with E-state index in [0.717, 1.165) is 24.7 Å². The zero-order valence-corrected chi connectivity index (χ0v) is 7.03. The molecule has 0 amide bonds. The van der Waals surface area contributed by atoms with Crippen LogP contribution in [0.1, 0.15) is 40.4 Å². The van der Waals surface area contributed by atoms with Crippen molar-refractivity contribution in [2.24, 2.45) is 0 Å². The van der Waals surface area contributed by atoms with Crippen LogP contribution in [-0.2, 0) is 0 Å². The Bertz CT molecular complexity index is 388. The summed E-state index contributed by atoms with van der Waals surface area (Å²) in [5.74, 6) is 0.460. The van der Waals surface area contributed by atoms with Crippen LogP contribution in [0.15, 0.2) is 12.3 Å². The molecule has 1 aromatic heterocycles. The Balaban J connectivity index is 2.48. The average molecular weight is 172 g/mol. The smallest absolute Gasteiger partial charge is 0.151 e. The van der Waals surface area contributed by atoms with Crippen molar-refractivity contribution in [1.29, 1.82) is 5.26 Å². The third-order valence-electron chi connectivity index (χ3n) is 2.20. The molecule has 0 spiro atoms. The van der Waals surface area contributed by atoms with E-state index < -0.39 is 0 Å². The fourth-order valence-corrected chi connectivity index (χ4v) is 1.36. The Morgan fingerprint density at radius 1 is 1.62 bits per heavy atom. The first-order valence-corrected chi connectivity index (χ1v) is 4.20. The van der Waals surface area contributed by atoms with Crippen molar-refractivity contribution in [3.63, 3.8) is 0 Å². The van der Waals surface area contributed by atoms with Gasteiger partial charge in [0.2, 0.25) is 0 Å². The molecule has 1 aliphatic rings. The zero-order valence-electron chi connectivity index (χ0n) is 7.03. The number of carbonyl (C=O) groups excluding carboxylic acids is 1. The molecular formula is C10H8N2O. The molecule has 0 saturated heterocycles. The van der Waals surface area contributed by atoms with E-state index in [2.05, 4.69) is 4.98 Å². The number of aldehydes is 1. The Kier molecular flexibility index (Phi) is 1.82. The minimum atomic E-state index is 0.460. The van der Waals surface area contributed by atoms with E-state index in [1.807, 2.05) is 6.07 Å². The van der Waals surface area contributed by atoms with Crippen LogP contribution in [0.25, 0.3) is 0 Å². The quantitative estimate of drug-likeness (QED) is 0.637. The molecule has 0 radical (unpaired) electrons. The molecule has 64 valence electrons. The third kappa shape index (κ3) is 1.43. The predicted octanol–water partition coefficient (Wildman–Crippen LogP) is 1.64. The second-order valence-corrected chi connectivity index (χ2v) is 3.21. The second kappa shape index (κ2) is 2.98. The van der Waals surface area contributed by atoms with E-state index in [-0.39, 0.29) is 0 Å². The fraction of sp³-hybridized carbons (Fsp3) is 0.300. The molecule has 2 rings (SSSR count). The van der Waals surface area contributed by atoms with Gasteiger partial charge in [-0.1, -0.05) is 0 Å². The van der Waals surface area contributed by atoms with Gasteiger partial charge in [0, 0.05) is 11.8 Å². The lowest BCUT2D eigenvalue weighted by Crippen LogP contribution is -1.94. The average Bonchev–Trinajstić information content (AvgIpc) is 3.00. The largest absolute Gasteiger partial charge is 0.298 e. The second-order valence-electron chi connectivity index (χ2n) is 3.21. The molecule has 0 bridgehead atoms. The fourth-order valence-electron chi connectivity index (χ4n) is 1.36. The molecular weight excluding hydrogens is 164 g/mol. The van der Waals surface area contributed by atoms with Gasteiger partial charge in [-0.15, -0.1) is 0 Å². The van der Waals surface area contributed by atoms with E-state index in [1.54, 1.807) is 6.07 Å². The maximum atomic E-state index is 10.5. The van der Waals surface area contributed by atoms with E-state index in [0.29, 0.717) is 17.2 Å². The maximum absolute atomic E-state index is 10.5. The molecule has 3 heteroatoms. The lowest BCUT2D eigenvalue weighted by Gasteiger charge is -2.00. The predicted molar refractivity (Wildman–Crippen MR) is 46.3 cm³/mol. The van der Waals surface area contributed by atoms with Gasteiger partial charge in [-0.2, -0.15) is 5.26 Å². The van der Waals surface area contributed by atoms with Crippen molar-refractivity contribution in [1.82, 2.24) is 4.98 Å². The number of rotatable bonds is 2. The van der Waals surface area contributed by atoms with Gasteiger partial charge in [0.1, 0.15) is 11.8 Å². The highest BCUT2D eigenvalue weighted by Gasteiger charge is 2.26. The highest BCUT2D eigenvalue weighted by Crippen LogP contribution is 2.41. The number of carbonyl (C=O) groups is 1.